The number of aryl methyl sites for hydroxylation is 1. The summed E-state index contributed by atoms with van der Waals surface area (Å²) in [6.07, 6.45) is 0. The maximum atomic E-state index is 6.89. The Hall–Kier alpha value is -7.56. The zero-order valence-corrected chi connectivity index (χ0v) is 38.0. The molecule has 0 unspecified atom stereocenters. The Morgan fingerprint density at radius 3 is 1.20 bits per heavy atom. The van der Waals surface area contributed by atoms with Crippen molar-refractivity contribution in [1.82, 2.24) is 0 Å². The van der Waals surface area contributed by atoms with Crippen molar-refractivity contribution >= 4 is 110 Å². The second kappa shape index (κ2) is 14.2. The summed E-state index contributed by atoms with van der Waals surface area (Å²) in [5.74, 6) is 0. The van der Waals surface area contributed by atoms with E-state index >= 15 is 0 Å². The normalized spacial score (nSPS) is 12.5. The lowest BCUT2D eigenvalue weighted by atomic mass is 9.87. The van der Waals surface area contributed by atoms with Crippen molar-refractivity contribution in [2.45, 2.75) is 59.3 Å². The fourth-order valence-electron chi connectivity index (χ4n) is 10.3. The van der Waals surface area contributed by atoms with Crippen molar-refractivity contribution < 1.29 is 8.83 Å². The number of fused-ring (bicyclic) bond motifs is 6. The van der Waals surface area contributed by atoms with Gasteiger partial charge in [-0.25, -0.2) is 0 Å². The van der Waals surface area contributed by atoms with Gasteiger partial charge >= 0.3 is 0 Å². The molecule has 0 aliphatic heterocycles. The number of hydrogen-bond acceptors (Lipinski definition) is 4. The van der Waals surface area contributed by atoms with Crippen molar-refractivity contribution in [2.24, 2.45) is 0 Å². The number of para-hydroxylation sites is 4. The third kappa shape index (κ3) is 6.19. The van der Waals surface area contributed by atoms with Gasteiger partial charge in [0.1, 0.15) is 11.2 Å². The molecule has 0 amide bonds. The van der Waals surface area contributed by atoms with Crippen molar-refractivity contribution in [3.63, 3.8) is 0 Å². The van der Waals surface area contributed by atoms with Gasteiger partial charge in [-0.05, 0) is 105 Å². The Balaban J connectivity index is 1.23. The van der Waals surface area contributed by atoms with Crippen LogP contribution < -0.4 is 9.80 Å². The lowest BCUT2D eigenvalue weighted by Gasteiger charge is -2.33. The number of nitrogens with zero attached hydrogens (tertiary/aromatic N) is 2. The lowest BCUT2D eigenvalue weighted by molar-refractivity contribution is 0.590. The highest BCUT2D eigenvalue weighted by atomic mass is 16.3. The minimum absolute atomic E-state index is 0.0128. The Morgan fingerprint density at radius 1 is 0.354 bits per heavy atom. The van der Waals surface area contributed by atoms with Gasteiger partial charge in [-0.3, -0.25) is 0 Å². The SMILES string of the molecule is Cc1cc2ccc3c(N(c4ccc(C(C)(C)C)cc4)c4cccc5c4oc4ccccc45)cc(N(c4ccc(C(C)(C)C)cc4)c4cccc5c4oc4ccccc45)c4ccc(c1)c2c34. The third-order valence-corrected chi connectivity index (χ3v) is 13.5. The number of anilines is 6. The summed E-state index contributed by atoms with van der Waals surface area (Å²) in [4.78, 5) is 4.86. The first-order valence-electron chi connectivity index (χ1n) is 22.7. The lowest BCUT2D eigenvalue weighted by Crippen LogP contribution is -2.16. The number of hydrogen-bond donors (Lipinski definition) is 0. The van der Waals surface area contributed by atoms with Crippen molar-refractivity contribution in [3.8, 4) is 0 Å². The molecular formula is C61H50N2O2. The molecular weight excluding hydrogens is 793 g/mol. The van der Waals surface area contributed by atoms with Crippen LogP contribution in [0.5, 0.6) is 0 Å². The van der Waals surface area contributed by atoms with Crippen molar-refractivity contribution in [1.29, 1.82) is 0 Å². The summed E-state index contributed by atoms with van der Waals surface area (Å²) < 4.78 is 13.8. The fraction of sp³-hybridized carbons (Fsp3) is 0.148. The van der Waals surface area contributed by atoms with Crippen molar-refractivity contribution in [3.05, 3.63) is 193 Å². The molecule has 65 heavy (non-hydrogen) atoms. The summed E-state index contributed by atoms with van der Waals surface area (Å²) in [7, 11) is 0. The van der Waals surface area contributed by atoms with Crippen LogP contribution in [-0.4, -0.2) is 0 Å². The van der Waals surface area contributed by atoms with E-state index in [2.05, 4.69) is 222 Å². The van der Waals surface area contributed by atoms with Gasteiger partial charge in [0, 0.05) is 49.1 Å². The van der Waals surface area contributed by atoms with Gasteiger partial charge < -0.3 is 18.6 Å². The molecule has 12 rings (SSSR count). The van der Waals surface area contributed by atoms with E-state index in [9.17, 15) is 0 Å². The van der Waals surface area contributed by atoms with Crippen LogP contribution in [0, 0.1) is 6.92 Å². The number of rotatable bonds is 6. The molecule has 0 atom stereocenters. The molecule has 0 aliphatic rings. The summed E-state index contributed by atoms with van der Waals surface area (Å²) in [6, 6.07) is 64.4. The first-order chi connectivity index (χ1) is 31.4. The van der Waals surface area contributed by atoms with E-state index in [1.165, 1.54) is 38.2 Å². The molecule has 0 saturated carbocycles. The highest BCUT2D eigenvalue weighted by molar-refractivity contribution is 6.29. The molecule has 0 aliphatic carbocycles. The van der Waals surface area contributed by atoms with Gasteiger partial charge in [0.25, 0.3) is 0 Å². The van der Waals surface area contributed by atoms with Gasteiger partial charge in [0.05, 0.1) is 22.7 Å². The Labute approximate surface area is 379 Å². The van der Waals surface area contributed by atoms with Gasteiger partial charge in [0.15, 0.2) is 11.2 Å². The molecule has 10 aromatic carbocycles. The van der Waals surface area contributed by atoms with Gasteiger partial charge in [0.2, 0.25) is 0 Å². The van der Waals surface area contributed by atoms with Crippen LogP contribution >= 0.6 is 0 Å². The quantitative estimate of drug-likeness (QED) is 0.156. The standard InChI is InChI=1S/C61H50N2O2/c1-37-34-38-22-32-48-52(62(42-28-24-40(25-29-42)60(2,3)4)50-18-12-16-46-44-14-8-10-20-54(44)64-58(46)50)36-53(49-33-23-39(35-37)56(38)57(48)49)63(43-30-26-41(27-31-43)61(5,6)7)51-19-13-17-47-45-15-9-11-21-55(45)65-59(47)51/h8-36H,1-7H3. The predicted octanol–water partition coefficient (Wildman–Crippen LogP) is 18.2. The summed E-state index contributed by atoms with van der Waals surface area (Å²) in [5, 5.41) is 11.6. The Bertz CT molecular complexity index is 3560. The topological polar surface area (TPSA) is 32.8 Å². The molecule has 0 fully saturated rings. The smallest absolute Gasteiger partial charge is 0.159 e. The average molecular weight is 843 g/mol. The number of benzene rings is 10. The first-order valence-corrected chi connectivity index (χ1v) is 22.7. The van der Waals surface area contributed by atoms with Gasteiger partial charge in [-0.2, -0.15) is 0 Å². The molecule has 4 nitrogen and oxygen atoms in total. The molecule has 0 N–H and O–H groups in total. The maximum Gasteiger partial charge on any atom is 0.159 e. The maximum absolute atomic E-state index is 6.89. The van der Waals surface area contributed by atoms with E-state index < -0.39 is 0 Å². The zero-order valence-electron chi connectivity index (χ0n) is 38.0. The Morgan fingerprint density at radius 2 is 0.769 bits per heavy atom. The Kier molecular flexibility index (Phi) is 8.55. The van der Waals surface area contributed by atoms with E-state index in [4.69, 9.17) is 8.83 Å². The minimum Gasteiger partial charge on any atom is -0.454 e. The summed E-state index contributed by atoms with van der Waals surface area (Å²) in [5.41, 5.74) is 13.3. The fourth-order valence-corrected chi connectivity index (χ4v) is 10.3. The first kappa shape index (κ1) is 39.1. The molecule has 0 saturated heterocycles. The molecule has 0 spiro atoms. The van der Waals surface area contributed by atoms with Gasteiger partial charge in [-0.1, -0.05) is 163 Å². The molecule has 2 heterocycles. The molecule has 316 valence electrons. The van der Waals surface area contributed by atoms with Crippen LogP contribution in [0.3, 0.4) is 0 Å². The van der Waals surface area contributed by atoms with E-state index in [0.29, 0.717) is 0 Å². The molecule has 0 bridgehead atoms. The molecule has 4 heteroatoms. The number of furan rings is 2. The third-order valence-electron chi connectivity index (χ3n) is 13.5. The largest absolute Gasteiger partial charge is 0.454 e. The minimum atomic E-state index is -0.0128. The second-order valence-electron chi connectivity index (χ2n) is 19.9. The monoisotopic (exact) mass is 842 g/mol. The second-order valence-corrected chi connectivity index (χ2v) is 19.9. The van der Waals surface area contributed by atoms with E-state index in [-0.39, 0.29) is 10.8 Å². The van der Waals surface area contributed by atoms with E-state index in [1.54, 1.807) is 0 Å². The van der Waals surface area contributed by atoms with Crippen LogP contribution in [0.15, 0.2) is 185 Å². The highest BCUT2D eigenvalue weighted by Gasteiger charge is 2.29. The summed E-state index contributed by atoms with van der Waals surface area (Å²) in [6.45, 7) is 15.8. The van der Waals surface area contributed by atoms with Crippen molar-refractivity contribution in [2.75, 3.05) is 9.80 Å². The molecule has 12 aromatic rings. The van der Waals surface area contributed by atoms with Crippen LogP contribution in [0.2, 0.25) is 0 Å². The van der Waals surface area contributed by atoms with E-state index in [1.807, 2.05) is 12.1 Å². The van der Waals surface area contributed by atoms with Crippen LogP contribution in [0.1, 0.15) is 58.2 Å². The predicted molar refractivity (Wildman–Crippen MR) is 276 cm³/mol. The average Bonchev–Trinajstić information content (AvgIpc) is 3.88. The van der Waals surface area contributed by atoms with E-state index in [0.717, 1.165) is 88.8 Å². The highest BCUT2D eigenvalue weighted by Crippen LogP contribution is 2.53. The van der Waals surface area contributed by atoms with Gasteiger partial charge in [-0.15, -0.1) is 0 Å². The molecule has 0 radical (unpaired) electrons. The van der Waals surface area contributed by atoms with Crippen LogP contribution in [-0.2, 0) is 10.8 Å². The van der Waals surface area contributed by atoms with Crippen LogP contribution in [0.4, 0.5) is 34.1 Å². The van der Waals surface area contributed by atoms with Crippen LogP contribution in [0.25, 0.3) is 76.2 Å². The summed E-state index contributed by atoms with van der Waals surface area (Å²) >= 11 is 0. The zero-order chi connectivity index (χ0) is 44.4. The molecule has 2 aromatic heterocycles.